The first-order valence-corrected chi connectivity index (χ1v) is 4.79. The molecule has 0 saturated carbocycles. The lowest BCUT2D eigenvalue weighted by Crippen LogP contribution is -2.15. The number of aromatic nitrogens is 1. The predicted octanol–water partition coefficient (Wildman–Crippen LogP) is 0.942. The van der Waals surface area contributed by atoms with Crippen LogP contribution >= 0.6 is 0 Å². The molecular weight excluding hydrogens is 182 g/mol. The highest BCUT2D eigenvalue weighted by Gasteiger charge is 2.23. The van der Waals surface area contributed by atoms with Gasteiger partial charge in [0.25, 0.3) is 0 Å². The van der Waals surface area contributed by atoms with Crippen molar-refractivity contribution in [3.05, 3.63) is 23.5 Å². The molecule has 4 nitrogen and oxygen atoms in total. The summed E-state index contributed by atoms with van der Waals surface area (Å²) in [6, 6.07) is 1.71. The lowest BCUT2D eigenvalue weighted by molar-refractivity contribution is -0.147. The Labute approximate surface area is 81.8 Å². The summed E-state index contributed by atoms with van der Waals surface area (Å²) in [4.78, 5) is 10.6. The van der Waals surface area contributed by atoms with Crippen molar-refractivity contribution in [1.29, 1.82) is 0 Å². The van der Waals surface area contributed by atoms with Crippen molar-refractivity contribution >= 4 is 5.97 Å². The van der Waals surface area contributed by atoms with Crippen LogP contribution in [0.2, 0.25) is 0 Å². The summed E-state index contributed by atoms with van der Waals surface area (Å²) in [6.45, 7) is 0.932. The first-order chi connectivity index (χ1) is 6.70. The summed E-state index contributed by atoms with van der Waals surface area (Å²) in [5.74, 6) is -1.18. The Kier molecular flexibility index (Phi) is 2.29. The summed E-state index contributed by atoms with van der Waals surface area (Å²) in [5.41, 5.74) is 1.53. The lowest BCUT2D eigenvalue weighted by Gasteiger charge is -2.17. The highest BCUT2D eigenvalue weighted by molar-refractivity contribution is 5.74. The quantitative estimate of drug-likeness (QED) is 0.738. The maximum Gasteiger partial charge on any atom is 0.337 e. The number of hydrogen-bond donors (Lipinski definition) is 2. The Balaban J connectivity index is 2.34. The molecule has 0 amide bonds. The van der Waals surface area contributed by atoms with E-state index in [-0.39, 0.29) is 0 Å². The van der Waals surface area contributed by atoms with Gasteiger partial charge in [0.2, 0.25) is 0 Å². The molecule has 0 aliphatic carbocycles. The maximum atomic E-state index is 10.6. The molecule has 2 N–H and O–H groups in total. The molecule has 0 radical (unpaired) electrons. The fraction of sp³-hybridized carbons (Fsp3) is 0.500. The Morgan fingerprint density at radius 2 is 2.29 bits per heavy atom. The number of carbonyl (C=O) groups is 1. The first kappa shape index (κ1) is 9.27. The Morgan fingerprint density at radius 3 is 3.00 bits per heavy atom. The Hall–Kier alpha value is -1.29. The third-order valence-electron chi connectivity index (χ3n) is 2.71. The molecule has 0 spiro atoms. The summed E-state index contributed by atoms with van der Waals surface area (Å²) in [6.07, 6.45) is 3.56. The number of hydrogen-bond acceptors (Lipinski definition) is 2. The van der Waals surface area contributed by atoms with Crippen LogP contribution in [0, 0.1) is 0 Å². The molecule has 1 unspecified atom stereocenters. The fourth-order valence-electron chi connectivity index (χ4n) is 1.98. The summed E-state index contributed by atoms with van der Waals surface area (Å²) in [5, 5.41) is 18.1. The van der Waals surface area contributed by atoms with Crippen molar-refractivity contribution in [2.45, 2.75) is 31.9 Å². The van der Waals surface area contributed by atoms with Gasteiger partial charge in [-0.05, 0) is 25.3 Å². The summed E-state index contributed by atoms with van der Waals surface area (Å²) < 4.78 is 2.03. The van der Waals surface area contributed by atoms with Crippen LogP contribution in [0.25, 0.3) is 0 Å². The number of carboxylic acid groups (broad SMARTS) is 1. The van der Waals surface area contributed by atoms with Crippen molar-refractivity contribution in [2.75, 3.05) is 0 Å². The topological polar surface area (TPSA) is 62.5 Å². The average Bonchev–Trinajstić information content (AvgIpc) is 2.60. The number of carboxylic acids is 1. The van der Waals surface area contributed by atoms with Gasteiger partial charge in [0.1, 0.15) is 0 Å². The molecule has 0 aromatic carbocycles. The zero-order chi connectivity index (χ0) is 10.1. The minimum atomic E-state index is -1.37. The molecular formula is C10H13NO3. The van der Waals surface area contributed by atoms with Gasteiger partial charge in [-0.15, -0.1) is 0 Å². The number of fused-ring (bicyclic) bond motifs is 1. The van der Waals surface area contributed by atoms with Crippen LogP contribution in [0.15, 0.2) is 12.3 Å². The van der Waals surface area contributed by atoms with Gasteiger partial charge in [-0.25, -0.2) is 4.79 Å². The van der Waals surface area contributed by atoms with E-state index < -0.39 is 12.1 Å². The van der Waals surface area contributed by atoms with Gasteiger partial charge in [-0.3, -0.25) is 0 Å². The summed E-state index contributed by atoms with van der Waals surface area (Å²) in [7, 11) is 0. The maximum absolute atomic E-state index is 10.6. The molecule has 1 aliphatic heterocycles. The van der Waals surface area contributed by atoms with Crippen molar-refractivity contribution < 1.29 is 15.0 Å². The fourth-order valence-corrected chi connectivity index (χ4v) is 1.98. The number of aryl methyl sites for hydroxylation is 1. The van der Waals surface area contributed by atoms with E-state index in [9.17, 15) is 9.90 Å². The van der Waals surface area contributed by atoms with Crippen LogP contribution in [0.1, 0.15) is 30.2 Å². The molecule has 1 aliphatic rings. The van der Waals surface area contributed by atoms with Crippen LogP contribution in [0.5, 0.6) is 0 Å². The van der Waals surface area contributed by atoms with Crippen LogP contribution in [0.4, 0.5) is 0 Å². The molecule has 0 bridgehead atoms. The molecule has 1 atom stereocenters. The largest absolute Gasteiger partial charge is 0.479 e. The predicted molar refractivity (Wildman–Crippen MR) is 50.0 cm³/mol. The van der Waals surface area contributed by atoms with Crippen LogP contribution in [0.3, 0.4) is 0 Å². The van der Waals surface area contributed by atoms with Gasteiger partial charge in [0.15, 0.2) is 6.10 Å². The van der Waals surface area contributed by atoms with E-state index in [4.69, 9.17) is 5.11 Å². The number of aliphatic hydroxyl groups is 1. The highest BCUT2D eigenvalue weighted by Crippen LogP contribution is 2.25. The Morgan fingerprint density at radius 1 is 1.50 bits per heavy atom. The van der Waals surface area contributed by atoms with Crippen LogP contribution < -0.4 is 0 Å². The molecule has 0 fully saturated rings. The van der Waals surface area contributed by atoms with Gasteiger partial charge < -0.3 is 14.8 Å². The van der Waals surface area contributed by atoms with Crippen molar-refractivity contribution in [3.63, 3.8) is 0 Å². The van der Waals surface area contributed by atoms with E-state index >= 15 is 0 Å². The standard InChI is InChI=1S/C10H13NO3/c12-9(10(13)14)7-4-6-11-5-2-1-3-8(7)11/h4,6,9,12H,1-3,5H2,(H,13,14). The van der Waals surface area contributed by atoms with E-state index in [2.05, 4.69) is 0 Å². The Bertz CT molecular complexity index is 356. The molecule has 4 heteroatoms. The van der Waals surface area contributed by atoms with E-state index in [1.807, 2.05) is 10.8 Å². The highest BCUT2D eigenvalue weighted by atomic mass is 16.4. The molecule has 2 rings (SSSR count). The number of nitrogens with zero attached hydrogens (tertiary/aromatic N) is 1. The normalized spacial score (nSPS) is 17.5. The molecule has 2 heterocycles. The van der Waals surface area contributed by atoms with E-state index in [1.54, 1.807) is 6.07 Å². The van der Waals surface area contributed by atoms with Crippen molar-refractivity contribution in [3.8, 4) is 0 Å². The molecule has 1 aromatic rings. The molecule has 1 aromatic heterocycles. The second-order valence-corrected chi connectivity index (χ2v) is 3.61. The van der Waals surface area contributed by atoms with E-state index in [1.165, 1.54) is 0 Å². The average molecular weight is 195 g/mol. The zero-order valence-corrected chi connectivity index (χ0v) is 7.81. The second-order valence-electron chi connectivity index (χ2n) is 3.61. The molecule has 14 heavy (non-hydrogen) atoms. The van der Waals surface area contributed by atoms with Gasteiger partial charge >= 0.3 is 5.97 Å². The smallest absolute Gasteiger partial charge is 0.337 e. The molecule has 0 saturated heterocycles. The lowest BCUT2D eigenvalue weighted by atomic mass is 10.0. The monoisotopic (exact) mass is 195 g/mol. The van der Waals surface area contributed by atoms with Gasteiger partial charge in [0, 0.05) is 24.0 Å². The summed E-state index contributed by atoms with van der Waals surface area (Å²) >= 11 is 0. The van der Waals surface area contributed by atoms with Gasteiger partial charge in [-0.1, -0.05) is 0 Å². The molecule has 76 valence electrons. The van der Waals surface area contributed by atoms with Crippen LogP contribution in [-0.2, 0) is 17.8 Å². The number of rotatable bonds is 2. The SMILES string of the molecule is O=C(O)C(O)c1ccn2c1CCCC2. The third-order valence-corrected chi connectivity index (χ3v) is 2.71. The first-order valence-electron chi connectivity index (χ1n) is 4.79. The van der Waals surface area contributed by atoms with Crippen molar-refractivity contribution in [2.24, 2.45) is 0 Å². The van der Waals surface area contributed by atoms with E-state index in [0.29, 0.717) is 5.56 Å². The second kappa shape index (κ2) is 3.46. The third kappa shape index (κ3) is 1.42. The van der Waals surface area contributed by atoms with Gasteiger partial charge in [-0.2, -0.15) is 0 Å². The van der Waals surface area contributed by atoms with Crippen molar-refractivity contribution in [1.82, 2.24) is 4.57 Å². The van der Waals surface area contributed by atoms with E-state index in [0.717, 1.165) is 31.5 Å². The zero-order valence-electron chi connectivity index (χ0n) is 7.81. The number of aliphatic hydroxyl groups excluding tert-OH is 1. The number of aliphatic carboxylic acids is 1. The minimum absolute atomic E-state index is 0.553. The van der Waals surface area contributed by atoms with Crippen LogP contribution in [-0.4, -0.2) is 20.7 Å². The minimum Gasteiger partial charge on any atom is -0.479 e. The van der Waals surface area contributed by atoms with Gasteiger partial charge in [0.05, 0.1) is 0 Å².